The molecule has 2 rings (SSSR count). The van der Waals surface area contributed by atoms with Crippen molar-refractivity contribution in [3.8, 4) is 0 Å². The topological polar surface area (TPSA) is 85.1 Å². The Morgan fingerprint density at radius 1 is 1.44 bits per heavy atom. The monoisotopic (exact) mass is 273 g/mol. The standard InChI is InChI=1S/C11H19N3O3S/c1-11(2,3)10-13-9(17-14-10)6-8-7-18(15,16)5-4-12-8/h8,12H,4-7H2,1-3H3. The Bertz CT molecular complexity index is 516. The number of hydrogen-bond acceptors (Lipinski definition) is 6. The van der Waals surface area contributed by atoms with E-state index >= 15 is 0 Å². The van der Waals surface area contributed by atoms with E-state index in [1.165, 1.54) is 0 Å². The second-order valence-corrected chi connectivity index (χ2v) is 7.96. The van der Waals surface area contributed by atoms with Crippen LogP contribution in [-0.4, -0.2) is 42.7 Å². The van der Waals surface area contributed by atoms with E-state index in [1.807, 2.05) is 20.8 Å². The maximum atomic E-state index is 11.5. The minimum Gasteiger partial charge on any atom is -0.339 e. The normalized spacial score (nSPS) is 24.1. The largest absolute Gasteiger partial charge is 0.339 e. The maximum absolute atomic E-state index is 11.5. The minimum absolute atomic E-state index is 0.128. The van der Waals surface area contributed by atoms with Gasteiger partial charge < -0.3 is 9.84 Å². The molecule has 18 heavy (non-hydrogen) atoms. The number of aromatic nitrogens is 2. The molecule has 0 amide bonds. The third-order valence-electron chi connectivity index (χ3n) is 2.86. The van der Waals surface area contributed by atoms with Crippen molar-refractivity contribution in [2.24, 2.45) is 0 Å². The summed E-state index contributed by atoms with van der Waals surface area (Å²) in [5.74, 6) is 1.49. The van der Waals surface area contributed by atoms with Crippen molar-refractivity contribution in [3.05, 3.63) is 11.7 Å². The van der Waals surface area contributed by atoms with Crippen molar-refractivity contribution in [2.45, 2.75) is 38.6 Å². The molecule has 1 aliphatic heterocycles. The maximum Gasteiger partial charge on any atom is 0.228 e. The SMILES string of the molecule is CC(C)(C)c1noc(CC2CS(=O)(=O)CCN2)n1. The number of hydrogen-bond donors (Lipinski definition) is 1. The Morgan fingerprint density at radius 3 is 2.72 bits per heavy atom. The summed E-state index contributed by atoms with van der Waals surface area (Å²) in [4.78, 5) is 4.31. The third-order valence-corrected chi connectivity index (χ3v) is 4.60. The molecule has 6 nitrogen and oxygen atoms in total. The fraction of sp³-hybridized carbons (Fsp3) is 0.818. The van der Waals surface area contributed by atoms with Gasteiger partial charge in [-0.2, -0.15) is 4.98 Å². The van der Waals surface area contributed by atoms with Gasteiger partial charge in [-0.3, -0.25) is 0 Å². The van der Waals surface area contributed by atoms with Crippen molar-refractivity contribution < 1.29 is 12.9 Å². The molecular weight excluding hydrogens is 254 g/mol. The van der Waals surface area contributed by atoms with E-state index in [0.717, 1.165) is 0 Å². The van der Waals surface area contributed by atoms with Gasteiger partial charge in [0.2, 0.25) is 5.89 Å². The second-order valence-electron chi connectivity index (χ2n) is 5.73. The highest BCUT2D eigenvalue weighted by Crippen LogP contribution is 2.19. The summed E-state index contributed by atoms with van der Waals surface area (Å²) in [7, 11) is -2.93. The van der Waals surface area contributed by atoms with Crippen LogP contribution in [0.25, 0.3) is 0 Å². The summed E-state index contributed by atoms with van der Waals surface area (Å²) in [6.45, 7) is 6.51. The lowest BCUT2D eigenvalue weighted by molar-refractivity contribution is 0.350. The molecule has 0 saturated carbocycles. The fourth-order valence-corrected chi connectivity index (χ4v) is 3.30. The van der Waals surface area contributed by atoms with E-state index < -0.39 is 9.84 Å². The molecule has 102 valence electrons. The molecule has 1 fully saturated rings. The van der Waals surface area contributed by atoms with Crippen LogP contribution in [0.2, 0.25) is 0 Å². The molecule has 0 radical (unpaired) electrons. The predicted molar refractivity (Wildman–Crippen MR) is 67.1 cm³/mol. The molecule has 0 aromatic carbocycles. The molecule has 0 spiro atoms. The molecular formula is C11H19N3O3S. The Balaban J connectivity index is 2.04. The molecule has 1 N–H and O–H groups in total. The summed E-state index contributed by atoms with van der Waals surface area (Å²) >= 11 is 0. The zero-order valence-electron chi connectivity index (χ0n) is 10.9. The van der Waals surface area contributed by atoms with E-state index in [1.54, 1.807) is 0 Å². The zero-order chi connectivity index (χ0) is 13.4. The van der Waals surface area contributed by atoms with Crippen LogP contribution in [0.1, 0.15) is 32.5 Å². The van der Waals surface area contributed by atoms with Crippen LogP contribution in [0.15, 0.2) is 4.52 Å². The Kier molecular flexibility index (Phi) is 3.46. The Labute approximate surface area is 107 Å². The summed E-state index contributed by atoms with van der Waals surface area (Å²) in [6.07, 6.45) is 0.461. The molecule has 1 atom stereocenters. The van der Waals surface area contributed by atoms with Gasteiger partial charge in [0.25, 0.3) is 0 Å². The quantitative estimate of drug-likeness (QED) is 0.834. The highest BCUT2D eigenvalue weighted by Gasteiger charge is 2.27. The molecule has 7 heteroatoms. The number of nitrogens with zero attached hydrogens (tertiary/aromatic N) is 2. The predicted octanol–water partition coefficient (Wildman–Crippen LogP) is 0.296. The van der Waals surface area contributed by atoms with Crippen molar-refractivity contribution in [1.29, 1.82) is 0 Å². The van der Waals surface area contributed by atoms with E-state index in [2.05, 4.69) is 15.5 Å². The van der Waals surface area contributed by atoms with Gasteiger partial charge in [0, 0.05) is 24.4 Å². The Hall–Kier alpha value is -0.950. The Morgan fingerprint density at radius 2 is 2.17 bits per heavy atom. The lowest BCUT2D eigenvalue weighted by Gasteiger charge is -2.22. The summed E-state index contributed by atoms with van der Waals surface area (Å²) < 4.78 is 28.2. The fourth-order valence-electron chi connectivity index (χ4n) is 1.85. The summed E-state index contributed by atoms with van der Waals surface area (Å²) in [5, 5.41) is 7.09. The zero-order valence-corrected chi connectivity index (χ0v) is 11.7. The molecule has 0 aliphatic carbocycles. The van der Waals surface area contributed by atoms with Crippen LogP contribution in [0, 0.1) is 0 Å². The molecule has 1 aliphatic rings. The van der Waals surface area contributed by atoms with Gasteiger partial charge in [-0.05, 0) is 0 Å². The number of sulfone groups is 1. The highest BCUT2D eigenvalue weighted by molar-refractivity contribution is 7.91. The molecule has 1 saturated heterocycles. The number of nitrogens with one attached hydrogen (secondary N) is 1. The van der Waals surface area contributed by atoms with Gasteiger partial charge in [0.15, 0.2) is 15.7 Å². The van der Waals surface area contributed by atoms with E-state index in [9.17, 15) is 8.42 Å². The third kappa shape index (κ3) is 3.29. The molecule has 1 aromatic heterocycles. The summed E-state index contributed by atoms with van der Waals surface area (Å²) in [5.41, 5.74) is -0.159. The van der Waals surface area contributed by atoms with E-state index in [-0.39, 0.29) is 23.0 Å². The van der Waals surface area contributed by atoms with Crippen molar-refractivity contribution in [1.82, 2.24) is 15.5 Å². The van der Waals surface area contributed by atoms with Gasteiger partial charge >= 0.3 is 0 Å². The van der Waals surface area contributed by atoms with Crippen molar-refractivity contribution in [2.75, 3.05) is 18.1 Å². The molecule has 0 bridgehead atoms. The average molecular weight is 273 g/mol. The molecule has 1 aromatic rings. The van der Waals surface area contributed by atoms with E-state index in [0.29, 0.717) is 24.7 Å². The first kappa shape index (κ1) is 13.5. The van der Waals surface area contributed by atoms with Crippen molar-refractivity contribution in [3.63, 3.8) is 0 Å². The van der Waals surface area contributed by atoms with Gasteiger partial charge in [-0.15, -0.1) is 0 Å². The summed E-state index contributed by atoms with van der Waals surface area (Å²) in [6, 6.07) is -0.128. The lowest BCUT2D eigenvalue weighted by atomic mass is 9.96. The van der Waals surface area contributed by atoms with Crippen LogP contribution in [0.4, 0.5) is 0 Å². The van der Waals surface area contributed by atoms with Gasteiger partial charge in [0.1, 0.15) is 0 Å². The van der Waals surface area contributed by atoms with Gasteiger partial charge in [0.05, 0.1) is 11.5 Å². The first-order valence-electron chi connectivity index (χ1n) is 6.03. The van der Waals surface area contributed by atoms with Crippen LogP contribution in [-0.2, 0) is 21.7 Å². The van der Waals surface area contributed by atoms with E-state index in [4.69, 9.17) is 4.52 Å². The second kappa shape index (κ2) is 4.62. The van der Waals surface area contributed by atoms with Crippen LogP contribution in [0.3, 0.4) is 0 Å². The van der Waals surface area contributed by atoms with Crippen LogP contribution < -0.4 is 5.32 Å². The molecule has 1 unspecified atom stereocenters. The van der Waals surface area contributed by atoms with Crippen LogP contribution in [0.5, 0.6) is 0 Å². The average Bonchev–Trinajstić information content (AvgIpc) is 2.63. The van der Waals surface area contributed by atoms with Crippen LogP contribution >= 0.6 is 0 Å². The van der Waals surface area contributed by atoms with Crippen molar-refractivity contribution >= 4 is 9.84 Å². The highest BCUT2D eigenvalue weighted by atomic mass is 32.2. The van der Waals surface area contributed by atoms with Gasteiger partial charge in [-0.1, -0.05) is 25.9 Å². The number of rotatable bonds is 2. The first-order chi connectivity index (χ1) is 8.26. The molecule has 2 heterocycles. The van der Waals surface area contributed by atoms with Gasteiger partial charge in [-0.25, -0.2) is 8.42 Å². The minimum atomic E-state index is -2.93. The smallest absolute Gasteiger partial charge is 0.228 e. The lowest BCUT2D eigenvalue weighted by Crippen LogP contribution is -2.46. The first-order valence-corrected chi connectivity index (χ1v) is 7.85.